The number of nitrogens with zero attached hydrogens (tertiary/aromatic N) is 1. The Morgan fingerprint density at radius 1 is 1.26 bits per heavy atom. The van der Waals surface area contributed by atoms with Gasteiger partial charge in [-0.05, 0) is 24.3 Å². The van der Waals surface area contributed by atoms with Crippen LogP contribution in [0.2, 0.25) is 10.0 Å². The van der Waals surface area contributed by atoms with Crippen LogP contribution in [-0.4, -0.2) is 10.5 Å². The molecule has 0 radical (unpaired) electrons. The maximum absolute atomic E-state index is 12.8. The average molecular weight is 366 g/mol. The fourth-order valence-corrected chi connectivity index (χ4v) is 2.85. The molecule has 0 aliphatic heterocycles. The van der Waals surface area contributed by atoms with Crippen molar-refractivity contribution in [3.8, 4) is 5.69 Å². The van der Waals surface area contributed by atoms with Crippen molar-refractivity contribution in [3.05, 3.63) is 51.8 Å². The van der Waals surface area contributed by atoms with Crippen LogP contribution in [0.1, 0.15) is 23.7 Å². The van der Waals surface area contributed by atoms with Crippen molar-refractivity contribution >= 4 is 29.1 Å². The summed E-state index contributed by atoms with van der Waals surface area (Å²) in [6.07, 6.45) is -3.15. The minimum atomic E-state index is -4.56. The van der Waals surface area contributed by atoms with E-state index in [1.54, 1.807) is 12.1 Å². The first-order chi connectivity index (χ1) is 10.6. The van der Waals surface area contributed by atoms with Gasteiger partial charge in [0.1, 0.15) is 0 Å². The number of rotatable bonds is 4. The van der Waals surface area contributed by atoms with Gasteiger partial charge in [-0.1, -0.05) is 23.2 Å². The Labute approximate surface area is 139 Å². The predicted octanol–water partition coefficient (Wildman–Crippen LogP) is 3.68. The molecular weight excluding hydrogens is 354 g/mol. The molecule has 23 heavy (non-hydrogen) atoms. The Morgan fingerprint density at radius 2 is 1.83 bits per heavy atom. The Balaban J connectivity index is 2.52. The monoisotopic (exact) mass is 365 g/mol. The lowest BCUT2D eigenvalue weighted by atomic mass is 10.1. The Bertz CT molecular complexity index is 720. The van der Waals surface area contributed by atoms with Crippen molar-refractivity contribution < 1.29 is 18.0 Å². The standard InChI is InChI=1S/C14H12Cl2F3N3O/c15-8-4-7(14(17,18)19)5-9(16)13(8)22-3-1-2-11(22)10(20)6-12(21)23/h1-5,10H,6,20H2,(H2,21,23). The molecule has 0 aliphatic carbocycles. The molecule has 9 heteroatoms. The third-order valence-electron chi connectivity index (χ3n) is 3.17. The van der Waals surface area contributed by atoms with E-state index < -0.39 is 23.7 Å². The fourth-order valence-electron chi connectivity index (χ4n) is 2.18. The van der Waals surface area contributed by atoms with Crippen LogP contribution in [0, 0.1) is 0 Å². The van der Waals surface area contributed by atoms with Crippen LogP contribution in [0.15, 0.2) is 30.5 Å². The van der Waals surface area contributed by atoms with E-state index in [1.165, 1.54) is 10.8 Å². The van der Waals surface area contributed by atoms with Gasteiger partial charge in [-0.15, -0.1) is 0 Å². The van der Waals surface area contributed by atoms with E-state index in [0.29, 0.717) is 5.69 Å². The molecule has 0 saturated heterocycles. The molecule has 0 spiro atoms. The maximum Gasteiger partial charge on any atom is 0.416 e. The largest absolute Gasteiger partial charge is 0.416 e. The molecule has 1 aromatic carbocycles. The van der Waals surface area contributed by atoms with Gasteiger partial charge in [0.15, 0.2) is 0 Å². The first-order valence-electron chi connectivity index (χ1n) is 6.39. The molecule has 0 fully saturated rings. The third kappa shape index (κ3) is 3.80. The van der Waals surface area contributed by atoms with Crippen LogP contribution < -0.4 is 11.5 Å². The lowest BCUT2D eigenvalue weighted by molar-refractivity contribution is -0.137. The van der Waals surface area contributed by atoms with Crippen LogP contribution in [0.3, 0.4) is 0 Å². The van der Waals surface area contributed by atoms with E-state index in [-0.39, 0.29) is 22.2 Å². The number of amides is 1. The molecule has 124 valence electrons. The maximum atomic E-state index is 12.8. The summed E-state index contributed by atoms with van der Waals surface area (Å²) in [6, 6.07) is 4.05. The Hall–Kier alpha value is -1.70. The summed E-state index contributed by atoms with van der Waals surface area (Å²) in [7, 11) is 0. The number of aromatic nitrogens is 1. The number of hydrogen-bond acceptors (Lipinski definition) is 2. The van der Waals surface area contributed by atoms with Gasteiger partial charge in [0.05, 0.1) is 27.3 Å². The first-order valence-corrected chi connectivity index (χ1v) is 7.14. The topological polar surface area (TPSA) is 74.0 Å². The van der Waals surface area contributed by atoms with Gasteiger partial charge < -0.3 is 16.0 Å². The SMILES string of the molecule is NC(=O)CC(N)c1cccn1-c1c(Cl)cc(C(F)(F)F)cc1Cl. The molecule has 1 heterocycles. The van der Waals surface area contributed by atoms with Crippen LogP contribution >= 0.6 is 23.2 Å². The summed E-state index contributed by atoms with van der Waals surface area (Å²) in [5.74, 6) is -0.602. The highest BCUT2D eigenvalue weighted by molar-refractivity contribution is 6.37. The highest BCUT2D eigenvalue weighted by atomic mass is 35.5. The summed E-state index contributed by atoms with van der Waals surface area (Å²) in [6.45, 7) is 0. The number of alkyl halides is 3. The van der Waals surface area contributed by atoms with Gasteiger partial charge in [0, 0.05) is 18.3 Å². The smallest absolute Gasteiger partial charge is 0.370 e. The second kappa shape index (κ2) is 6.43. The number of primary amides is 1. The quantitative estimate of drug-likeness (QED) is 0.866. The van der Waals surface area contributed by atoms with Crippen LogP contribution in [0.4, 0.5) is 13.2 Å². The van der Waals surface area contributed by atoms with Gasteiger partial charge >= 0.3 is 6.18 Å². The molecule has 1 aromatic heterocycles. The molecule has 1 unspecified atom stereocenters. The van der Waals surface area contributed by atoms with Crippen molar-refractivity contribution in [2.24, 2.45) is 11.5 Å². The summed E-state index contributed by atoms with van der Waals surface area (Å²) >= 11 is 12.0. The van der Waals surface area contributed by atoms with Crippen molar-refractivity contribution in [2.45, 2.75) is 18.6 Å². The van der Waals surface area contributed by atoms with Gasteiger partial charge in [-0.3, -0.25) is 4.79 Å². The molecule has 0 aliphatic rings. The van der Waals surface area contributed by atoms with Crippen molar-refractivity contribution in [1.82, 2.24) is 4.57 Å². The van der Waals surface area contributed by atoms with E-state index in [2.05, 4.69) is 0 Å². The number of halogens is 5. The molecular formula is C14H12Cl2F3N3O. The van der Waals surface area contributed by atoms with Crippen LogP contribution in [-0.2, 0) is 11.0 Å². The number of nitrogens with two attached hydrogens (primary N) is 2. The fraction of sp³-hybridized carbons (Fsp3) is 0.214. The molecule has 0 saturated carbocycles. The molecule has 1 amide bonds. The average Bonchev–Trinajstić information content (AvgIpc) is 2.85. The lowest BCUT2D eigenvalue weighted by Crippen LogP contribution is -2.22. The van der Waals surface area contributed by atoms with Crippen molar-refractivity contribution in [2.75, 3.05) is 0 Å². The predicted molar refractivity (Wildman–Crippen MR) is 81.5 cm³/mol. The molecule has 0 bridgehead atoms. The number of benzene rings is 1. The molecule has 2 aromatic rings. The molecule has 2 rings (SSSR count). The van der Waals surface area contributed by atoms with Gasteiger partial charge in [0.2, 0.25) is 5.91 Å². The Kier molecular flexibility index (Phi) is 4.93. The zero-order valence-electron chi connectivity index (χ0n) is 11.6. The highest BCUT2D eigenvalue weighted by Gasteiger charge is 2.32. The highest BCUT2D eigenvalue weighted by Crippen LogP contribution is 2.38. The third-order valence-corrected chi connectivity index (χ3v) is 3.74. The van der Waals surface area contributed by atoms with E-state index in [4.69, 9.17) is 34.7 Å². The van der Waals surface area contributed by atoms with Gasteiger partial charge in [-0.2, -0.15) is 13.2 Å². The molecule has 1 atom stereocenters. The number of hydrogen-bond donors (Lipinski definition) is 2. The summed E-state index contributed by atoms with van der Waals surface area (Å²) in [5.41, 5.74) is 10.7. The lowest BCUT2D eigenvalue weighted by Gasteiger charge is -2.18. The summed E-state index contributed by atoms with van der Waals surface area (Å²) in [4.78, 5) is 11.0. The van der Waals surface area contributed by atoms with E-state index in [0.717, 1.165) is 12.1 Å². The normalized spacial score (nSPS) is 13.1. The summed E-state index contributed by atoms with van der Waals surface area (Å²) < 4.78 is 39.8. The second-order valence-corrected chi connectivity index (χ2v) is 5.68. The first kappa shape index (κ1) is 17.7. The molecule has 4 N–H and O–H groups in total. The summed E-state index contributed by atoms with van der Waals surface area (Å²) in [5, 5.41) is -0.373. The number of carbonyl (C=O) groups excluding carboxylic acids is 1. The van der Waals surface area contributed by atoms with E-state index in [1.807, 2.05) is 0 Å². The van der Waals surface area contributed by atoms with Crippen LogP contribution in [0.25, 0.3) is 5.69 Å². The van der Waals surface area contributed by atoms with Crippen LogP contribution in [0.5, 0.6) is 0 Å². The zero-order valence-corrected chi connectivity index (χ0v) is 13.1. The number of carbonyl (C=O) groups is 1. The van der Waals surface area contributed by atoms with Crippen molar-refractivity contribution in [1.29, 1.82) is 0 Å². The minimum Gasteiger partial charge on any atom is -0.370 e. The van der Waals surface area contributed by atoms with Gasteiger partial charge in [-0.25, -0.2) is 0 Å². The van der Waals surface area contributed by atoms with E-state index >= 15 is 0 Å². The minimum absolute atomic E-state index is 0.125. The molecule has 4 nitrogen and oxygen atoms in total. The van der Waals surface area contributed by atoms with E-state index in [9.17, 15) is 18.0 Å². The van der Waals surface area contributed by atoms with Gasteiger partial charge in [0.25, 0.3) is 0 Å². The van der Waals surface area contributed by atoms with Crippen molar-refractivity contribution in [3.63, 3.8) is 0 Å². The zero-order chi connectivity index (χ0) is 17.4. The Morgan fingerprint density at radius 3 is 2.30 bits per heavy atom. The second-order valence-electron chi connectivity index (χ2n) is 4.87.